The highest BCUT2D eigenvalue weighted by Crippen LogP contribution is 2.27. The molecular formula is C15H15FN2O3. The molecule has 1 fully saturated rings. The van der Waals surface area contributed by atoms with Gasteiger partial charge in [0.15, 0.2) is 0 Å². The summed E-state index contributed by atoms with van der Waals surface area (Å²) in [4.78, 5) is 28.2. The molecule has 3 rings (SSSR count). The minimum atomic E-state index is -1.31. The highest BCUT2D eigenvalue weighted by molar-refractivity contribution is 5.94. The van der Waals surface area contributed by atoms with Gasteiger partial charge in [0, 0.05) is 24.2 Å². The van der Waals surface area contributed by atoms with E-state index in [1.807, 2.05) is 4.90 Å². The van der Waals surface area contributed by atoms with Crippen LogP contribution in [0.5, 0.6) is 0 Å². The zero-order valence-electron chi connectivity index (χ0n) is 11.6. The van der Waals surface area contributed by atoms with Gasteiger partial charge >= 0.3 is 5.97 Å². The van der Waals surface area contributed by atoms with Crippen LogP contribution in [0.1, 0.15) is 28.9 Å². The van der Waals surface area contributed by atoms with E-state index in [4.69, 9.17) is 5.11 Å². The second-order valence-electron chi connectivity index (χ2n) is 5.30. The number of hydrogen-bond acceptors (Lipinski definition) is 3. The molecule has 1 aliphatic rings. The highest BCUT2D eigenvalue weighted by atomic mass is 19.1. The molecule has 0 bridgehead atoms. The Morgan fingerprint density at radius 1 is 1.33 bits per heavy atom. The topological polar surface area (TPSA) is 73.4 Å². The number of aromatic amines is 1. The Bertz CT molecular complexity index is 792. The summed E-state index contributed by atoms with van der Waals surface area (Å²) in [5, 5.41) is 9.15. The third kappa shape index (κ3) is 2.16. The van der Waals surface area contributed by atoms with Crippen molar-refractivity contribution in [2.24, 2.45) is 0 Å². The standard InChI is InChI=1S/C15H15FN2O3/c1-8-13(15(20)21)14(19)9-6-10(16)12(7-11(9)17-8)18-4-2-3-5-18/h6-7H,2-5H2,1H3,(H,17,19)(H,20,21). The number of anilines is 1. The van der Waals surface area contributed by atoms with Crippen molar-refractivity contribution in [1.29, 1.82) is 0 Å². The summed E-state index contributed by atoms with van der Waals surface area (Å²) in [6, 6.07) is 2.73. The van der Waals surface area contributed by atoms with Gasteiger partial charge in [0.2, 0.25) is 5.43 Å². The summed E-state index contributed by atoms with van der Waals surface area (Å²) in [5.74, 6) is -1.80. The maximum Gasteiger partial charge on any atom is 0.341 e. The molecule has 1 aromatic heterocycles. The molecular weight excluding hydrogens is 275 g/mol. The van der Waals surface area contributed by atoms with E-state index in [0.29, 0.717) is 11.2 Å². The average Bonchev–Trinajstić information content (AvgIpc) is 2.92. The molecule has 0 saturated carbocycles. The molecule has 2 heterocycles. The number of carboxylic acid groups (broad SMARTS) is 1. The summed E-state index contributed by atoms with van der Waals surface area (Å²) < 4.78 is 14.2. The van der Waals surface area contributed by atoms with Crippen molar-refractivity contribution in [3.63, 3.8) is 0 Å². The molecule has 0 atom stereocenters. The molecule has 5 nitrogen and oxygen atoms in total. The van der Waals surface area contributed by atoms with Crippen molar-refractivity contribution in [3.8, 4) is 0 Å². The summed E-state index contributed by atoms with van der Waals surface area (Å²) in [5.41, 5.74) is 0.208. The van der Waals surface area contributed by atoms with Crippen molar-refractivity contribution >= 4 is 22.6 Å². The van der Waals surface area contributed by atoms with Gasteiger partial charge in [0.1, 0.15) is 11.4 Å². The highest BCUT2D eigenvalue weighted by Gasteiger charge is 2.20. The SMILES string of the molecule is Cc1[nH]c2cc(N3CCCC3)c(F)cc2c(=O)c1C(=O)O. The summed E-state index contributed by atoms with van der Waals surface area (Å²) in [6.07, 6.45) is 2.04. The fraction of sp³-hybridized carbons (Fsp3) is 0.333. The number of benzene rings is 1. The lowest BCUT2D eigenvalue weighted by atomic mass is 10.1. The Labute approximate surface area is 120 Å². The number of fused-ring (bicyclic) bond motifs is 1. The zero-order valence-corrected chi connectivity index (χ0v) is 11.6. The molecule has 0 radical (unpaired) electrons. The smallest absolute Gasteiger partial charge is 0.341 e. The van der Waals surface area contributed by atoms with Crippen molar-refractivity contribution in [1.82, 2.24) is 4.98 Å². The molecule has 0 amide bonds. The maximum absolute atomic E-state index is 14.2. The summed E-state index contributed by atoms with van der Waals surface area (Å²) >= 11 is 0. The molecule has 2 N–H and O–H groups in total. The lowest BCUT2D eigenvalue weighted by Gasteiger charge is -2.19. The fourth-order valence-electron chi connectivity index (χ4n) is 2.88. The Balaban J connectivity index is 2.26. The molecule has 0 aliphatic carbocycles. The van der Waals surface area contributed by atoms with Crippen molar-refractivity contribution in [2.75, 3.05) is 18.0 Å². The van der Waals surface area contributed by atoms with E-state index in [1.54, 1.807) is 6.07 Å². The van der Waals surface area contributed by atoms with Gasteiger partial charge in [0.05, 0.1) is 11.2 Å². The minimum Gasteiger partial charge on any atom is -0.477 e. The Hall–Kier alpha value is -2.37. The van der Waals surface area contributed by atoms with Crippen LogP contribution in [-0.4, -0.2) is 29.1 Å². The van der Waals surface area contributed by atoms with Crippen LogP contribution in [0.4, 0.5) is 10.1 Å². The number of halogens is 1. The van der Waals surface area contributed by atoms with Crippen LogP contribution in [0.2, 0.25) is 0 Å². The molecule has 110 valence electrons. The van der Waals surface area contributed by atoms with Crippen molar-refractivity contribution < 1.29 is 14.3 Å². The lowest BCUT2D eigenvalue weighted by Crippen LogP contribution is -2.21. The first-order valence-electron chi connectivity index (χ1n) is 6.83. The first-order chi connectivity index (χ1) is 9.99. The van der Waals surface area contributed by atoms with Gasteiger partial charge in [-0.25, -0.2) is 9.18 Å². The van der Waals surface area contributed by atoms with Crippen molar-refractivity contribution in [3.05, 3.63) is 39.4 Å². The van der Waals surface area contributed by atoms with Gasteiger partial charge in [-0.2, -0.15) is 0 Å². The quantitative estimate of drug-likeness (QED) is 0.890. The number of aromatic carboxylic acids is 1. The monoisotopic (exact) mass is 290 g/mol. The fourth-order valence-corrected chi connectivity index (χ4v) is 2.88. The van der Waals surface area contributed by atoms with E-state index in [9.17, 15) is 14.0 Å². The van der Waals surface area contributed by atoms with Crippen LogP contribution in [0.15, 0.2) is 16.9 Å². The van der Waals surface area contributed by atoms with Gasteiger partial charge in [-0.1, -0.05) is 0 Å². The molecule has 2 aromatic rings. The molecule has 1 aliphatic heterocycles. The normalized spacial score (nSPS) is 14.9. The Morgan fingerprint density at radius 3 is 2.62 bits per heavy atom. The Morgan fingerprint density at radius 2 is 2.00 bits per heavy atom. The van der Waals surface area contributed by atoms with Gasteiger partial charge < -0.3 is 15.0 Å². The second-order valence-corrected chi connectivity index (χ2v) is 5.30. The summed E-state index contributed by atoms with van der Waals surface area (Å²) in [7, 11) is 0. The number of nitrogens with one attached hydrogen (secondary N) is 1. The van der Waals surface area contributed by atoms with E-state index in [0.717, 1.165) is 32.0 Å². The van der Waals surface area contributed by atoms with Gasteiger partial charge in [-0.3, -0.25) is 4.79 Å². The van der Waals surface area contributed by atoms with E-state index in [1.165, 1.54) is 6.92 Å². The number of H-pyrrole nitrogens is 1. The van der Waals surface area contributed by atoms with Crippen LogP contribution < -0.4 is 10.3 Å². The minimum absolute atomic E-state index is 0.0680. The predicted octanol–water partition coefficient (Wildman–Crippen LogP) is 2.27. The predicted molar refractivity (Wildman–Crippen MR) is 77.7 cm³/mol. The molecule has 1 saturated heterocycles. The number of pyridine rings is 1. The van der Waals surface area contributed by atoms with Gasteiger partial charge in [-0.15, -0.1) is 0 Å². The van der Waals surface area contributed by atoms with Gasteiger partial charge in [0.25, 0.3) is 0 Å². The number of nitrogens with zero attached hydrogens (tertiary/aromatic N) is 1. The number of aryl methyl sites for hydroxylation is 1. The van der Waals surface area contributed by atoms with Crippen molar-refractivity contribution in [2.45, 2.75) is 19.8 Å². The number of hydrogen-bond donors (Lipinski definition) is 2. The van der Waals surface area contributed by atoms with Crippen LogP contribution in [0.25, 0.3) is 10.9 Å². The molecule has 1 aromatic carbocycles. The van der Waals surface area contributed by atoms with Crippen LogP contribution in [0.3, 0.4) is 0 Å². The largest absolute Gasteiger partial charge is 0.477 e. The van der Waals surface area contributed by atoms with Crippen LogP contribution in [-0.2, 0) is 0 Å². The Kier molecular flexibility index (Phi) is 3.16. The maximum atomic E-state index is 14.2. The molecule has 6 heteroatoms. The third-order valence-corrected chi connectivity index (χ3v) is 3.92. The molecule has 0 unspecified atom stereocenters. The number of aromatic nitrogens is 1. The number of carbonyl (C=O) groups is 1. The van der Waals surface area contributed by atoms with E-state index in [2.05, 4.69) is 4.98 Å². The number of rotatable bonds is 2. The average molecular weight is 290 g/mol. The second kappa shape index (κ2) is 4.87. The molecule has 21 heavy (non-hydrogen) atoms. The first kappa shape index (κ1) is 13.6. The van der Waals surface area contributed by atoms with E-state index >= 15 is 0 Å². The van der Waals surface area contributed by atoms with Crippen LogP contribution in [0, 0.1) is 12.7 Å². The van der Waals surface area contributed by atoms with E-state index < -0.39 is 17.2 Å². The van der Waals surface area contributed by atoms with Crippen LogP contribution >= 0.6 is 0 Å². The zero-order chi connectivity index (χ0) is 15.1. The summed E-state index contributed by atoms with van der Waals surface area (Å²) in [6.45, 7) is 3.11. The lowest BCUT2D eigenvalue weighted by molar-refractivity contribution is 0.0694. The van der Waals surface area contributed by atoms with E-state index in [-0.39, 0.29) is 16.6 Å². The number of carboxylic acids is 1. The molecule has 0 spiro atoms. The first-order valence-corrected chi connectivity index (χ1v) is 6.83. The third-order valence-electron chi connectivity index (χ3n) is 3.92. The van der Waals surface area contributed by atoms with Gasteiger partial charge in [-0.05, 0) is 31.9 Å².